The summed E-state index contributed by atoms with van der Waals surface area (Å²) in [6, 6.07) is 14.5. The van der Waals surface area contributed by atoms with Gasteiger partial charge in [0.05, 0.1) is 10.6 Å². The van der Waals surface area contributed by atoms with E-state index in [-0.39, 0.29) is 23.3 Å². The first-order valence-electron chi connectivity index (χ1n) is 11.2. The van der Waals surface area contributed by atoms with E-state index in [9.17, 15) is 24.9 Å². The highest BCUT2D eigenvalue weighted by atomic mass is 35.5. The average Bonchev–Trinajstić information content (AvgIpc) is 3.50. The Bertz CT molecular complexity index is 1450. The van der Waals surface area contributed by atoms with Crippen LogP contribution in [0.3, 0.4) is 0 Å². The molecule has 1 heterocycles. The van der Waals surface area contributed by atoms with E-state index in [2.05, 4.69) is 5.32 Å². The van der Waals surface area contributed by atoms with Crippen LogP contribution in [0.2, 0.25) is 5.02 Å². The summed E-state index contributed by atoms with van der Waals surface area (Å²) in [5.74, 6) is -2.63. The van der Waals surface area contributed by atoms with Crippen molar-refractivity contribution in [3.05, 3.63) is 76.5 Å². The highest BCUT2D eigenvalue weighted by Gasteiger charge is 2.21. The highest BCUT2D eigenvalue weighted by molar-refractivity contribution is 6.34. The van der Waals surface area contributed by atoms with Crippen LogP contribution in [-0.2, 0) is 0 Å². The Hall–Kier alpha value is -3.97. The molecule has 1 saturated carbocycles. The maximum Gasteiger partial charge on any atom is 0.253 e. The lowest BCUT2D eigenvalue weighted by Crippen LogP contribution is -2.32. The fourth-order valence-electron chi connectivity index (χ4n) is 4.42. The summed E-state index contributed by atoms with van der Waals surface area (Å²) in [6.45, 7) is 0. The number of ketones is 1. The van der Waals surface area contributed by atoms with E-state index >= 15 is 0 Å². The predicted molar refractivity (Wildman–Crippen MR) is 131 cm³/mol. The number of halogens is 1. The maximum absolute atomic E-state index is 12.8. The molecular formula is C27H22ClNO6. The van der Waals surface area contributed by atoms with Crippen molar-refractivity contribution in [3.8, 4) is 28.4 Å². The van der Waals surface area contributed by atoms with Crippen molar-refractivity contribution in [1.82, 2.24) is 5.32 Å². The van der Waals surface area contributed by atoms with Crippen LogP contribution in [-0.4, -0.2) is 33.1 Å². The molecule has 0 atom stereocenters. The number of benzene rings is 3. The third kappa shape index (κ3) is 4.42. The number of aromatic hydroxyl groups is 3. The third-order valence-corrected chi connectivity index (χ3v) is 6.62. The molecule has 1 fully saturated rings. The molecule has 1 amide bonds. The normalized spacial score (nSPS) is 13.9. The molecule has 1 aliphatic carbocycles. The second kappa shape index (κ2) is 9.00. The minimum atomic E-state index is -0.698. The first kappa shape index (κ1) is 22.8. The van der Waals surface area contributed by atoms with Crippen molar-refractivity contribution in [3.63, 3.8) is 0 Å². The lowest BCUT2D eigenvalue weighted by atomic mass is 10.0. The van der Waals surface area contributed by atoms with E-state index in [1.54, 1.807) is 24.3 Å². The molecule has 1 aliphatic rings. The molecular weight excluding hydrogens is 470 g/mol. The molecule has 0 aliphatic heterocycles. The number of hydrogen-bond donors (Lipinski definition) is 4. The van der Waals surface area contributed by atoms with Gasteiger partial charge in [0, 0.05) is 17.0 Å². The standard InChI is InChI=1S/C27H22ClNO6/c28-20-10-15(5-7-19(20)27(34)29-18-3-1-2-4-18)14-6-8-23-16(9-14)13-24(35-23)25(32)17-11-21(30)26(33)22(31)12-17/h5-13,18,30-31,33H,1-4H2,(H,29,34). The Morgan fingerprint density at radius 3 is 2.23 bits per heavy atom. The number of phenolic OH excluding ortho intramolecular Hbond substituents is 3. The van der Waals surface area contributed by atoms with Crippen molar-refractivity contribution >= 4 is 34.3 Å². The molecule has 8 heteroatoms. The molecule has 0 unspecified atom stereocenters. The van der Waals surface area contributed by atoms with Crippen molar-refractivity contribution in [1.29, 1.82) is 0 Å². The zero-order chi connectivity index (χ0) is 24.7. The summed E-state index contributed by atoms with van der Waals surface area (Å²) in [5.41, 5.74) is 2.50. The average molecular weight is 492 g/mol. The van der Waals surface area contributed by atoms with Gasteiger partial charge in [0.25, 0.3) is 5.91 Å². The van der Waals surface area contributed by atoms with E-state index < -0.39 is 23.0 Å². The van der Waals surface area contributed by atoms with Gasteiger partial charge in [0.2, 0.25) is 5.78 Å². The number of rotatable bonds is 5. The van der Waals surface area contributed by atoms with Crippen molar-refractivity contribution in [2.75, 3.05) is 0 Å². The number of fused-ring (bicyclic) bond motifs is 1. The van der Waals surface area contributed by atoms with Gasteiger partial charge in [-0.05, 0) is 66.4 Å². The van der Waals surface area contributed by atoms with Crippen LogP contribution in [0.25, 0.3) is 22.1 Å². The van der Waals surface area contributed by atoms with Crippen molar-refractivity contribution in [2.24, 2.45) is 0 Å². The van der Waals surface area contributed by atoms with Gasteiger partial charge in [-0.3, -0.25) is 9.59 Å². The lowest BCUT2D eigenvalue weighted by Gasteiger charge is -2.13. The second-order valence-electron chi connectivity index (χ2n) is 8.70. The molecule has 4 aromatic rings. The van der Waals surface area contributed by atoms with Crippen molar-refractivity contribution < 1.29 is 29.3 Å². The SMILES string of the molecule is O=C(c1cc(O)c(O)c(O)c1)c1cc2cc(-c3ccc(C(=O)NC4CCCC4)c(Cl)c3)ccc2o1. The van der Waals surface area contributed by atoms with Gasteiger partial charge >= 0.3 is 0 Å². The zero-order valence-corrected chi connectivity index (χ0v) is 19.3. The van der Waals surface area contributed by atoms with Gasteiger partial charge in [-0.15, -0.1) is 0 Å². The Kier molecular flexibility index (Phi) is 5.86. The van der Waals surface area contributed by atoms with Gasteiger partial charge < -0.3 is 25.1 Å². The topological polar surface area (TPSA) is 120 Å². The minimum absolute atomic E-state index is 0.0126. The Labute approximate surface area is 205 Å². The molecule has 1 aromatic heterocycles. The summed E-state index contributed by atoms with van der Waals surface area (Å²) < 4.78 is 5.67. The molecule has 0 bridgehead atoms. The highest BCUT2D eigenvalue weighted by Crippen LogP contribution is 2.37. The van der Waals surface area contributed by atoms with E-state index in [4.69, 9.17) is 16.0 Å². The van der Waals surface area contributed by atoms with E-state index in [1.165, 1.54) is 0 Å². The van der Waals surface area contributed by atoms with Gasteiger partial charge in [0.15, 0.2) is 23.0 Å². The first-order valence-corrected chi connectivity index (χ1v) is 11.6. The summed E-state index contributed by atoms with van der Waals surface area (Å²) in [7, 11) is 0. The van der Waals surface area contributed by atoms with Crippen molar-refractivity contribution in [2.45, 2.75) is 31.7 Å². The Balaban J connectivity index is 1.40. The predicted octanol–water partition coefficient (Wildman–Crippen LogP) is 5.77. The number of phenols is 3. The smallest absolute Gasteiger partial charge is 0.253 e. The van der Waals surface area contributed by atoms with Gasteiger partial charge in [0.1, 0.15) is 5.58 Å². The Morgan fingerprint density at radius 2 is 1.54 bits per heavy atom. The molecule has 0 spiro atoms. The number of hydrogen-bond acceptors (Lipinski definition) is 6. The van der Waals surface area contributed by atoms with E-state index in [0.29, 0.717) is 21.6 Å². The largest absolute Gasteiger partial charge is 0.504 e. The molecule has 35 heavy (non-hydrogen) atoms. The maximum atomic E-state index is 12.8. The van der Waals surface area contributed by atoms with Gasteiger partial charge in [-0.1, -0.05) is 36.6 Å². The van der Waals surface area contributed by atoms with Gasteiger partial charge in [-0.25, -0.2) is 0 Å². The van der Waals surface area contributed by atoms with Crippen LogP contribution in [0.5, 0.6) is 17.2 Å². The molecule has 178 valence electrons. The monoisotopic (exact) mass is 491 g/mol. The fourth-order valence-corrected chi connectivity index (χ4v) is 4.69. The summed E-state index contributed by atoms with van der Waals surface area (Å²) in [4.78, 5) is 25.4. The second-order valence-corrected chi connectivity index (χ2v) is 9.11. The van der Waals surface area contributed by atoms with Crippen LogP contribution in [0.1, 0.15) is 52.2 Å². The van der Waals surface area contributed by atoms with E-state index in [0.717, 1.165) is 48.9 Å². The van der Waals surface area contributed by atoms with Crippen LogP contribution in [0.4, 0.5) is 0 Å². The molecule has 5 rings (SSSR count). The Morgan fingerprint density at radius 1 is 0.886 bits per heavy atom. The zero-order valence-electron chi connectivity index (χ0n) is 18.5. The molecule has 7 nitrogen and oxygen atoms in total. The molecule has 0 radical (unpaired) electrons. The quantitative estimate of drug-likeness (QED) is 0.208. The minimum Gasteiger partial charge on any atom is -0.504 e. The van der Waals surface area contributed by atoms with E-state index in [1.807, 2.05) is 18.2 Å². The number of amides is 1. The summed E-state index contributed by atoms with van der Waals surface area (Å²) >= 11 is 6.45. The fraction of sp³-hybridized carbons (Fsp3) is 0.185. The van der Waals surface area contributed by atoms with Crippen LogP contribution in [0, 0.1) is 0 Å². The summed E-state index contributed by atoms with van der Waals surface area (Å²) in [5, 5.41) is 33.0. The van der Waals surface area contributed by atoms with Crippen LogP contribution < -0.4 is 5.32 Å². The first-order chi connectivity index (χ1) is 16.8. The van der Waals surface area contributed by atoms with Gasteiger partial charge in [-0.2, -0.15) is 0 Å². The number of carbonyl (C=O) groups excluding carboxylic acids is 2. The number of carbonyl (C=O) groups is 2. The summed E-state index contributed by atoms with van der Waals surface area (Å²) in [6.07, 6.45) is 4.24. The lowest BCUT2D eigenvalue weighted by molar-refractivity contribution is 0.0937. The number of furan rings is 1. The number of nitrogens with one attached hydrogen (secondary N) is 1. The molecule has 0 saturated heterocycles. The third-order valence-electron chi connectivity index (χ3n) is 6.31. The molecule has 3 aromatic carbocycles. The van der Waals surface area contributed by atoms with Crippen LogP contribution in [0.15, 0.2) is 59.0 Å². The van der Waals surface area contributed by atoms with Crippen LogP contribution >= 0.6 is 11.6 Å². The molecule has 4 N–H and O–H groups in total.